The van der Waals surface area contributed by atoms with E-state index in [9.17, 15) is 9.59 Å². The third kappa shape index (κ3) is 5.10. The van der Waals surface area contributed by atoms with Gasteiger partial charge in [-0.05, 0) is 62.6 Å². The van der Waals surface area contributed by atoms with Crippen LogP contribution in [0.15, 0.2) is 18.2 Å². The summed E-state index contributed by atoms with van der Waals surface area (Å²) in [6.07, 6.45) is 10.6. The van der Waals surface area contributed by atoms with Gasteiger partial charge in [0.1, 0.15) is 5.75 Å². The lowest BCUT2D eigenvalue weighted by Crippen LogP contribution is -2.39. The number of anilines is 2. The minimum Gasteiger partial charge on any atom is -0.495 e. The van der Waals surface area contributed by atoms with Crippen molar-refractivity contribution in [3.05, 3.63) is 18.2 Å². The number of benzene rings is 1. The molecule has 0 aromatic heterocycles. The van der Waals surface area contributed by atoms with E-state index in [1.165, 1.54) is 19.3 Å². The second-order valence-corrected chi connectivity index (χ2v) is 8.97. The average molecular weight is 400 g/mol. The molecule has 2 heterocycles. The molecule has 2 atom stereocenters. The Morgan fingerprint density at radius 3 is 2.45 bits per heavy atom. The largest absolute Gasteiger partial charge is 0.495 e. The van der Waals surface area contributed by atoms with Crippen LogP contribution in [0, 0.1) is 11.8 Å². The van der Waals surface area contributed by atoms with Gasteiger partial charge in [0.15, 0.2) is 0 Å². The van der Waals surface area contributed by atoms with Crippen molar-refractivity contribution < 1.29 is 14.3 Å². The summed E-state index contributed by atoms with van der Waals surface area (Å²) in [6, 6.07) is 6.63. The fourth-order valence-corrected chi connectivity index (χ4v) is 5.30. The van der Waals surface area contributed by atoms with Crippen molar-refractivity contribution in [2.24, 2.45) is 11.8 Å². The predicted molar refractivity (Wildman–Crippen MR) is 114 cm³/mol. The third-order valence-corrected chi connectivity index (χ3v) is 6.76. The molecule has 2 bridgehead atoms. The van der Waals surface area contributed by atoms with Crippen LogP contribution < -0.4 is 20.7 Å². The van der Waals surface area contributed by atoms with Crippen molar-refractivity contribution in [2.45, 2.75) is 76.3 Å². The van der Waals surface area contributed by atoms with Gasteiger partial charge in [0.25, 0.3) is 0 Å². The Morgan fingerprint density at radius 2 is 1.76 bits per heavy atom. The third-order valence-electron chi connectivity index (χ3n) is 6.76. The highest BCUT2D eigenvalue weighted by atomic mass is 16.5. The quantitative estimate of drug-likeness (QED) is 0.674. The maximum Gasteiger partial charge on any atom is 0.227 e. The molecule has 158 valence electrons. The van der Waals surface area contributed by atoms with Crippen molar-refractivity contribution in [2.75, 3.05) is 17.7 Å². The van der Waals surface area contributed by atoms with E-state index in [2.05, 4.69) is 16.0 Å². The molecule has 3 aliphatic rings. The number of fused-ring (bicyclic) bond motifs is 2. The van der Waals surface area contributed by atoms with Crippen LogP contribution in [0.4, 0.5) is 11.4 Å². The molecule has 6 heteroatoms. The summed E-state index contributed by atoms with van der Waals surface area (Å²) >= 11 is 0. The van der Waals surface area contributed by atoms with Gasteiger partial charge in [-0.1, -0.05) is 19.3 Å². The Balaban J connectivity index is 1.36. The fourth-order valence-electron chi connectivity index (χ4n) is 5.30. The zero-order valence-electron chi connectivity index (χ0n) is 17.3. The summed E-state index contributed by atoms with van der Waals surface area (Å²) in [5.74, 6) is 1.24. The van der Waals surface area contributed by atoms with Gasteiger partial charge in [-0.3, -0.25) is 9.59 Å². The van der Waals surface area contributed by atoms with Gasteiger partial charge in [0.05, 0.1) is 12.8 Å². The number of ether oxygens (including phenoxy) is 1. The van der Waals surface area contributed by atoms with Crippen LogP contribution >= 0.6 is 0 Å². The number of amides is 2. The van der Waals surface area contributed by atoms with Crippen LogP contribution in [0.1, 0.15) is 64.2 Å². The molecule has 3 N–H and O–H groups in total. The molecule has 0 radical (unpaired) electrons. The van der Waals surface area contributed by atoms with Gasteiger partial charge >= 0.3 is 0 Å². The molecule has 2 aliphatic heterocycles. The van der Waals surface area contributed by atoms with Crippen LogP contribution in [0.25, 0.3) is 0 Å². The van der Waals surface area contributed by atoms with Crippen LogP contribution in [0.5, 0.6) is 5.75 Å². The first-order valence-electron chi connectivity index (χ1n) is 11.2. The Bertz CT molecular complexity index is 733. The van der Waals surface area contributed by atoms with Gasteiger partial charge < -0.3 is 20.7 Å². The predicted octanol–water partition coefficient (Wildman–Crippen LogP) is 4.07. The monoisotopic (exact) mass is 399 g/mol. The van der Waals surface area contributed by atoms with E-state index in [0.29, 0.717) is 41.5 Å². The molecule has 1 aromatic rings. The second-order valence-electron chi connectivity index (χ2n) is 8.97. The number of hydrogen-bond donors (Lipinski definition) is 3. The highest BCUT2D eigenvalue weighted by Crippen LogP contribution is 2.34. The summed E-state index contributed by atoms with van der Waals surface area (Å²) in [4.78, 5) is 25.2. The molecule has 1 saturated carbocycles. The fraction of sp³-hybridized carbons (Fsp3) is 0.652. The number of carbonyl (C=O) groups excluding carboxylic acids is 2. The molecule has 3 fully saturated rings. The van der Waals surface area contributed by atoms with E-state index in [1.807, 2.05) is 12.1 Å². The normalized spacial score (nSPS) is 26.7. The number of hydrogen-bond acceptors (Lipinski definition) is 4. The highest BCUT2D eigenvalue weighted by Gasteiger charge is 2.34. The smallest absolute Gasteiger partial charge is 0.227 e. The summed E-state index contributed by atoms with van der Waals surface area (Å²) in [5, 5.41) is 9.66. The van der Waals surface area contributed by atoms with E-state index in [0.717, 1.165) is 38.5 Å². The molecule has 29 heavy (non-hydrogen) atoms. The van der Waals surface area contributed by atoms with Crippen LogP contribution in [-0.4, -0.2) is 31.0 Å². The van der Waals surface area contributed by atoms with Gasteiger partial charge in [-0.15, -0.1) is 0 Å². The zero-order valence-corrected chi connectivity index (χ0v) is 17.3. The van der Waals surface area contributed by atoms with Crippen molar-refractivity contribution >= 4 is 23.2 Å². The number of methoxy groups -OCH3 is 1. The van der Waals surface area contributed by atoms with E-state index in [1.54, 1.807) is 13.2 Å². The number of rotatable bonds is 6. The number of piperidine rings is 1. The van der Waals surface area contributed by atoms with Crippen molar-refractivity contribution in [3.8, 4) is 5.75 Å². The van der Waals surface area contributed by atoms with Crippen molar-refractivity contribution in [1.82, 2.24) is 5.32 Å². The first-order valence-corrected chi connectivity index (χ1v) is 11.2. The van der Waals surface area contributed by atoms with E-state index >= 15 is 0 Å². The maximum absolute atomic E-state index is 12.6. The molecule has 2 unspecified atom stereocenters. The van der Waals surface area contributed by atoms with E-state index in [4.69, 9.17) is 4.74 Å². The molecule has 2 saturated heterocycles. The lowest BCUT2D eigenvalue weighted by molar-refractivity contribution is -0.120. The van der Waals surface area contributed by atoms with Crippen LogP contribution in [0.3, 0.4) is 0 Å². The maximum atomic E-state index is 12.6. The summed E-state index contributed by atoms with van der Waals surface area (Å²) in [7, 11) is 1.59. The lowest BCUT2D eigenvalue weighted by atomic mass is 9.88. The van der Waals surface area contributed by atoms with Gasteiger partial charge in [0.2, 0.25) is 11.8 Å². The van der Waals surface area contributed by atoms with Crippen LogP contribution in [0.2, 0.25) is 0 Å². The van der Waals surface area contributed by atoms with Crippen LogP contribution in [-0.2, 0) is 9.59 Å². The van der Waals surface area contributed by atoms with Crippen molar-refractivity contribution in [3.63, 3.8) is 0 Å². The Labute approximate surface area is 173 Å². The average Bonchev–Trinajstić information content (AvgIpc) is 3.07. The number of carbonyl (C=O) groups is 2. The topological polar surface area (TPSA) is 79.5 Å². The second kappa shape index (κ2) is 9.16. The van der Waals surface area contributed by atoms with E-state index in [-0.39, 0.29) is 17.7 Å². The zero-order chi connectivity index (χ0) is 20.2. The molecule has 2 amide bonds. The first kappa shape index (κ1) is 20.2. The molecule has 0 spiro atoms. The SMILES string of the molecule is COc1ccc(NC(=O)CC2CC3CCC(C2)N3)cc1NC(=O)C1CCCCC1. The standard InChI is InChI=1S/C23H33N3O3/c1-29-21-10-9-19(14-20(21)26-23(28)16-5-3-2-4-6-16)25-22(27)13-15-11-17-7-8-18(12-15)24-17/h9-10,14-18,24H,2-8,11-13H2,1H3,(H,25,27)(H,26,28). The Kier molecular flexibility index (Phi) is 6.38. The van der Waals surface area contributed by atoms with Crippen molar-refractivity contribution in [1.29, 1.82) is 0 Å². The number of nitrogens with one attached hydrogen (secondary N) is 3. The summed E-state index contributed by atoms with van der Waals surface area (Å²) in [6.45, 7) is 0. The van der Waals surface area contributed by atoms with E-state index < -0.39 is 0 Å². The first-order chi connectivity index (χ1) is 14.1. The molecule has 6 nitrogen and oxygen atoms in total. The molecule has 1 aromatic carbocycles. The molecular formula is C23H33N3O3. The Hall–Kier alpha value is -2.08. The minimum absolute atomic E-state index is 0.0472. The van der Waals surface area contributed by atoms with Gasteiger partial charge in [0, 0.05) is 30.1 Å². The Morgan fingerprint density at radius 1 is 1.03 bits per heavy atom. The summed E-state index contributed by atoms with van der Waals surface area (Å²) < 4.78 is 5.41. The van der Waals surface area contributed by atoms with Gasteiger partial charge in [-0.2, -0.15) is 0 Å². The van der Waals surface area contributed by atoms with Gasteiger partial charge in [-0.25, -0.2) is 0 Å². The molecule has 4 rings (SSSR count). The lowest BCUT2D eigenvalue weighted by Gasteiger charge is -2.28. The highest BCUT2D eigenvalue weighted by molar-refractivity contribution is 5.96. The summed E-state index contributed by atoms with van der Waals surface area (Å²) in [5.41, 5.74) is 1.33. The minimum atomic E-state index is 0.0472. The molecule has 1 aliphatic carbocycles. The molecular weight excluding hydrogens is 366 g/mol.